The van der Waals surface area contributed by atoms with E-state index in [4.69, 9.17) is 14.2 Å². The van der Waals surface area contributed by atoms with Crippen LogP contribution in [0.4, 0.5) is 5.82 Å². The molecule has 1 fully saturated rings. The van der Waals surface area contributed by atoms with Crippen LogP contribution in [0.15, 0.2) is 42.5 Å². The molecule has 0 saturated carbocycles. The van der Waals surface area contributed by atoms with Crippen LogP contribution in [0, 0.1) is 0 Å². The van der Waals surface area contributed by atoms with Crippen LogP contribution in [-0.4, -0.2) is 61.8 Å². The third kappa shape index (κ3) is 3.24. The molecule has 0 aliphatic carbocycles. The average molecular weight is 355 g/mol. The van der Waals surface area contributed by atoms with Gasteiger partial charge in [-0.2, -0.15) is 4.98 Å². The maximum Gasteiger partial charge on any atom is 0.267 e. The van der Waals surface area contributed by atoms with Gasteiger partial charge in [0.25, 0.3) is 5.91 Å². The van der Waals surface area contributed by atoms with E-state index in [-0.39, 0.29) is 12.5 Å². The third-order valence-electron chi connectivity index (χ3n) is 4.62. The van der Waals surface area contributed by atoms with Crippen molar-refractivity contribution in [2.24, 2.45) is 0 Å². The zero-order valence-electron chi connectivity index (χ0n) is 14.6. The number of carbonyl (C=O) groups is 1. The molecule has 0 spiro atoms. The summed E-state index contributed by atoms with van der Waals surface area (Å²) in [6, 6.07) is 13.1. The summed E-state index contributed by atoms with van der Waals surface area (Å²) < 4.78 is 16.7. The topological polar surface area (TPSA) is 64.1 Å². The summed E-state index contributed by atoms with van der Waals surface area (Å²) in [5, 5.41) is 0. The van der Waals surface area contributed by atoms with Crippen LogP contribution in [0.5, 0.6) is 17.4 Å². The predicted octanol–water partition coefficient (Wildman–Crippen LogP) is 1.58. The van der Waals surface area contributed by atoms with E-state index >= 15 is 0 Å². The Hall–Kier alpha value is -2.96. The van der Waals surface area contributed by atoms with Crippen molar-refractivity contribution in [1.29, 1.82) is 0 Å². The van der Waals surface area contributed by atoms with E-state index in [0.717, 1.165) is 18.9 Å². The summed E-state index contributed by atoms with van der Waals surface area (Å²) >= 11 is 0. The van der Waals surface area contributed by atoms with Crippen LogP contribution in [-0.2, 0) is 4.79 Å². The highest BCUT2D eigenvalue weighted by molar-refractivity contribution is 5.82. The van der Waals surface area contributed by atoms with E-state index in [1.807, 2.05) is 47.4 Å². The van der Waals surface area contributed by atoms with E-state index in [2.05, 4.69) is 9.88 Å². The van der Waals surface area contributed by atoms with Crippen molar-refractivity contribution in [3.63, 3.8) is 0 Å². The van der Waals surface area contributed by atoms with Crippen molar-refractivity contribution >= 4 is 11.7 Å². The summed E-state index contributed by atoms with van der Waals surface area (Å²) in [6.45, 7) is 2.93. The summed E-state index contributed by atoms with van der Waals surface area (Å²) in [6.07, 6.45) is -0.591. The minimum Gasteiger partial charge on any atom is -0.485 e. The number of nitrogens with zero attached hydrogens (tertiary/aromatic N) is 3. The van der Waals surface area contributed by atoms with E-state index < -0.39 is 6.10 Å². The number of aromatic nitrogens is 1. The molecule has 3 heterocycles. The lowest BCUT2D eigenvalue weighted by molar-refractivity contribution is -0.141. The standard InChI is InChI=1S/C19H21N3O4/c1-24-18-8-4-7-17(20-18)21-9-11-22(12-10-21)19(23)16-13-25-14-5-2-3-6-15(14)26-16/h2-8,16H,9-13H2,1H3. The van der Waals surface area contributed by atoms with Crippen molar-refractivity contribution in [1.82, 2.24) is 9.88 Å². The number of amides is 1. The number of pyridine rings is 1. The Balaban J connectivity index is 1.37. The highest BCUT2D eigenvalue weighted by Gasteiger charge is 2.32. The molecule has 7 nitrogen and oxygen atoms in total. The SMILES string of the molecule is COc1cccc(N2CCN(C(=O)C3COc4ccccc4O3)CC2)n1. The normalized spacial score (nSPS) is 19.2. The van der Waals surface area contributed by atoms with Gasteiger partial charge >= 0.3 is 0 Å². The molecule has 1 aromatic carbocycles. The Morgan fingerprint density at radius 3 is 2.62 bits per heavy atom. The first kappa shape index (κ1) is 16.5. The average Bonchev–Trinajstić information content (AvgIpc) is 2.73. The molecule has 1 atom stereocenters. The summed E-state index contributed by atoms with van der Waals surface area (Å²) in [7, 11) is 1.60. The molecule has 136 valence electrons. The summed E-state index contributed by atoms with van der Waals surface area (Å²) in [5.74, 6) is 2.73. The molecular formula is C19H21N3O4. The largest absolute Gasteiger partial charge is 0.485 e. The van der Waals surface area contributed by atoms with Crippen molar-refractivity contribution in [3.05, 3.63) is 42.5 Å². The number of ether oxygens (including phenoxy) is 3. The van der Waals surface area contributed by atoms with Crippen LogP contribution in [0.3, 0.4) is 0 Å². The molecule has 2 aliphatic rings. The van der Waals surface area contributed by atoms with Gasteiger partial charge in [-0.25, -0.2) is 0 Å². The van der Waals surface area contributed by atoms with Gasteiger partial charge in [0.05, 0.1) is 7.11 Å². The van der Waals surface area contributed by atoms with Gasteiger partial charge in [-0.05, 0) is 18.2 Å². The first-order valence-electron chi connectivity index (χ1n) is 8.68. The summed E-state index contributed by atoms with van der Waals surface area (Å²) in [4.78, 5) is 21.2. The maximum absolute atomic E-state index is 12.8. The lowest BCUT2D eigenvalue weighted by Gasteiger charge is -2.37. The first-order valence-corrected chi connectivity index (χ1v) is 8.68. The number of methoxy groups -OCH3 is 1. The number of carbonyl (C=O) groups excluding carboxylic acids is 1. The molecule has 0 N–H and O–H groups in total. The number of para-hydroxylation sites is 2. The second kappa shape index (κ2) is 7.11. The molecule has 7 heteroatoms. The number of fused-ring (bicyclic) bond motifs is 1. The fourth-order valence-corrected chi connectivity index (χ4v) is 3.19. The quantitative estimate of drug-likeness (QED) is 0.833. The number of hydrogen-bond donors (Lipinski definition) is 0. The number of rotatable bonds is 3. The van der Waals surface area contributed by atoms with E-state index in [1.54, 1.807) is 7.11 Å². The Labute approximate surface area is 152 Å². The van der Waals surface area contributed by atoms with E-state index in [1.165, 1.54) is 0 Å². The Morgan fingerprint density at radius 1 is 1.08 bits per heavy atom. The Morgan fingerprint density at radius 2 is 1.85 bits per heavy atom. The van der Waals surface area contributed by atoms with Gasteiger partial charge in [-0.1, -0.05) is 18.2 Å². The molecule has 2 aromatic rings. The van der Waals surface area contributed by atoms with E-state index in [9.17, 15) is 4.79 Å². The number of anilines is 1. The second-order valence-electron chi connectivity index (χ2n) is 6.21. The lowest BCUT2D eigenvalue weighted by Crippen LogP contribution is -2.54. The minimum absolute atomic E-state index is 0.0299. The van der Waals surface area contributed by atoms with Crippen molar-refractivity contribution < 1.29 is 19.0 Å². The molecule has 1 saturated heterocycles. The third-order valence-corrected chi connectivity index (χ3v) is 4.62. The molecule has 1 aromatic heterocycles. The van der Waals surface area contributed by atoms with Gasteiger partial charge in [-0.3, -0.25) is 4.79 Å². The summed E-state index contributed by atoms with van der Waals surface area (Å²) in [5.41, 5.74) is 0. The lowest BCUT2D eigenvalue weighted by atomic mass is 10.2. The van der Waals surface area contributed by atoms with Gasteiger partial charge in [-0.15, -0.1) is 0 Å². The Bertz CT molecular complexity index is 790. The first-order chi connectivity index (χ1) is 12.7. The van der Waals surface area contributed by atoms with E-state index in [0.29, 0.717) is 30.5 Å². The maximum atomic E-state index is 12.8. The Kier molecular flexibility index (Phi) is 4.51. The van der Waals surface area contributed by atoms with Crippen LogP contribution >= 0.6 is 0 Å². The molecular weight excluding hydrogens is 334 g/mol. The monoisotopic (exact) mass is 355 g/mol. The molecule has 26 heavy (non-hydrogen) atoms. The fraction of sp³-hybridized carbons (Fsp3) is 0.368. The second-order valence-corrected chi connectivity index (χ2v) is 6.21. The smallest absolute Gasteiger partial charge is 0.267 e. The predicted molar refractivity (Wildman–Crippen MR) is 95.9 cm³/mol. The molecule has 2 aliphatic heterocycles. The molecule has 0 bridgehead atoms. The van der Waals surface area contributed by atoms with Gasteiger partial charge in [0.15, 0.2) is 11.5 Å². The van der Waals surface area contributed by atoms with Crippen LogP contribution < -0.4 is 19.1 Å². The fourth-order valence-electron chi connectivity index (χ4n) is 3.19. The van der Waals surface area contributed by atoms with Crippen LogP contribution in [0.2, 0.25) is 0 Å². The zero-order chi connectivity index (χ0) is 17.9. The molecule has 4 rings (SSSR count). The van der Waals surface area contributed by atoms with Gasteiger partial charge < -0.3 is 24.0 Å². The number of benzene rings is 1. The highest BCUT2D eigenvalue weighted by Crippen LogP contribution is 2.31. The van der Waals surface area contributed by atoms with Crippen molar-refractivity contribution in [2.75, 3.05) is 44.8 Å². The zero-order valence-corrected chi connectivity index (χ0v) is 14.6. The van der Waals surface area contributed by atoms with Crippen LogP contribution in [0.1, 0.15) is 0 Å². The van der Waals surface area contributed by atoms with Gasteiger partial charge in [0.1, 0.15) is 12.4 Å². The highest BCUT2D eigenvalue weighted by atomic mass is 16.6. The van der Waals surface area contributed by atoms with Crippen LogP contribution in [0.25, 0.3) is 0 Å². The molecule has 0 radical (unpaired) electrons. The minimum atomic E-state index is -0.591. The van der Waals surface area contributed by atoms with Gasteiger partial charge in [0.2, 0.25) is 12.0 Å². The molecule has 1 amide bonds. The molecule has 1 unspecified atom stereocenters. The number of piperazine rings is 1. The van der Waals surface area contributed by atoms with Crippen molar-refractivity contribution in [2.45, 2.75) is 6.10 Å². The number of hydrogen-bond acceptors (Lipinski definition) is 6. The van der Waals surface area contributed by atoms with Gasteiger partial charge in [0, 0.05) is 32.2 Å². The van der Waals surface area contributed by atoms with Crippen molar-refractivity contribution in [3.8, 4) is 17.4 Å².